The second-order valence-corrected chi connectivity index (χ2v) is 4.60. The van der Waals surface area contributed by atoms with E-state index in [1.165, 1.54) is 12.1 Å². The van der Waals surface area contributed by atoms with Crippen LogP contribution in [0.15, 0.2) is 18.2 Å². The predicted molar refractivity (Wildman–Crippen MR) is 63.2 cm³/mol. The number of benzene rings is 1. The molecule has 0 aliphatic heterocycles. The van der Waals surface area contributed by atoms with E-state index in [2.05, 4.69) is 5.32 Å². The molecule has 1 aromatic carbocycles. The first-order valence-corrected chi connectivity index (χ1v) is 5.22. The monoisotopic (exact) mass is 255 g/mol. The average molecular weight is 255 g/mol. The molecule has 0 saturated carbocycles. The number of carbonyl (C=O) groups is 2. The van der Waals surface area contributed by atoms with Crippen LogP contribution in [-0.2, 0) is 4.74 Å². The molecule has 0 atom stereocenters. The van der Waals surface area contributed by atoms with Crippen LogP contribution in [0.3, 0.4) is 0 Å². The van der Waals surface area contributed by atoms with Crippen LogP contribution in [0.5, 0.6) is 0 Å². The van der Waals surface area contributed by atoms with Crippen molar-refractivity contribution in [2.24, 2.45) is 0 Å². The Kier molecular flexibility index (Phi) is 3.90. The molecule has 0 unspecified atom stereocenters. The zero-order valence-corrected chi connectivity index (χ0v) is 10.3. The smallest absolute Gasteiger partial charge is 0.412 e. The SMILES string of the molecule is CC(C)(C)OC(=O)Nc1cccc(C(=O)O)c1F. The van der Waals surface area contributed by atoms with Crippen molar-refractivity contribution in [1.29, 1.82) is 0 Å². The van der Waals surface area contributed by atoms with Gasteiger partial charge in [0.05, 0.1) is 11.3 Å². The van der Waals surface area contributed by atoms with Crippen molar-refractivity contribution in [3.05, 3.63) is 29.6 Å². The van der Waals surface area contributed by atoms with Gasteiger partial charge in [0.25, 0.3) is 0 Å². The molecule has 18 heavy (non-hydrogen) atoms. The standard InChI is InChI=1S/C12H14FNO4/c1-12(2,3)18-11(17)14-8-6-4-5-7(9(8)13)10(15)16/h4-6H,1-3H3,(H,14,17)(H,15,16). The second-order valence-electron chi connectivity index (χ2n) is 4.60. The van der Waals surface area contributed by atoms with Crippen LogP contribution in [0.2, 0.25) is 0 Å². The van der Waals surface area contributed by atoms with Gasteiger partial charge in [0.1, 0.15) is 5.60 Å². The fourth-order valence-corrected chi connectivity index (χ4v) is 1.21. The number of aromatic carboxylic acids is 1. The Balaban J connectivity index is 2.89. The van der Waals surface area contributed by atoms with Crippen molar-refractivity contribution >= 4 is 17.7 Å². The van der Waals surface area contributed by atoms with E-state index >= 15 is 0 Å². The minimum atomic E-state index is -1.40. The van der Waals surface area contributed by atoms with Gasteiger partial charge >= 0.3 is 12.1 Å². The molecule has 5 nitrogen and oxygen atoms in total. The maximum absolute atomic E-state index is 13.7. The van der Waals surface area contributed by atoms with Gasteiger partial charge in [0.15, 0.2) is 5.82 Å². The van der Waals surface area contributed by atoms with Gasteiger partial charge in [-0.1, -0.05) is 6.07 Å². The Bertz CT molecular complexity index is 479. The van der Waals surface area contributed by atoms with Crippen molar-refractivity contribution < 1.29 is 23.8 Å². The summed E-state index contributed by atoms with van der Waals surface area (Å²) < 4.78 is 18.6. The number of halogens is 1. The molecule has 0 aliphatic rings. The number of hydrogen-bond donors (Lipinski definition) is 2. The number of ether oxygens (including phenoxy) is 1. The summed E-state index contributed by atoms with van der Waals surface area (Å²) in [7, 11) is 0. The first kappa shape index (κ1) is 14.0. The van der Waals surface area contributed by atoms with Gasteiger partial charge in [0.2, 0.25) is 0 Å². The highest BCUT2D eigenvalue weighted by atomic mass is 19.1. The van der Waals surface area contributed by atoms with Crippen molar-refractivity contribution in [2.45, 2.75) is 26.4 Å². The first-order chi connectivity index (χ1) is 8.20. The van der Waals surface area contributed by atoms with Crippen LogP contribution in [0.4, 0.5) is 14.9 Å². The molecule has 98 valence electrons. The number of hydrogen-bond acceptors (Lipinski definition) is 3. The average Bonchev–Trinajstić information content (AvgIpc) is 2.17. The van der Waals surface area contributed by atoms with Crippen molar-refractivity contribution in [3.8, 4) is 0 Å². The lowest BCUT2D eigenvalue weighted by atomic mass is 10.2. The third kappa shape index (κ3) is 3.73. The van der Waals surface area contributed by atoms with Gasteiger partial charge in [-0.05, 0) is 32.9 Å². The minimum Gasteiger partial charge on any atom is -0.478 e. The number of carbonyl (C=O) groups excluding carboxylic acids is 1. The van der Waals surface area contributed by atoms with Crippen LogP contribution in [-0.4, -0.2) is 22.8 Å². The van der Waals surface area contributed by atoms with E-state index in [0.717, 1.165) is 6.07 Å². The van der Waals surface area contributed by atoms with Crippen LogP contribution in [0.25, 0.3) is 0 Å². The van der Waals surface area contributed by atoms with E-state index in [0.29, 0.717) is 0 Å². The quantitative estimate of drug-likeness (QED) is 0.852. The lowest BCUT2D eigenvalue weighted by Gasteiger charge is -2.19. The molecular formula is C12H14FNO4. The van der Waals surface area contributed by atoms with Crippen molar-refractivity contribution in [2.75, 3.05) is 5.32 Å². The zero-order chi connectivity index (χ0) is 13.9. The molecule has 1 aromatic rings. The Hall–Kier alpha value is -2.11. The van der Waals surface area contributed by atoms with Crippen LogP contribution in [0, 0.1) is 5.82 Å². The number of carboxylic acid groups (broad SMARTS) is 1. The Labute approximate surface area is 104 Å². The molecule has 0 heterocycles. The summed E-state index contributed by atoms with van der Waals surface area (Å²) in [5.74, 6) is -2.41. The number of carboxylic acids is 1. The summed E-state index contributed by atoms with van der Waals surface area (Å²) in [6.07, 6.45) is -0.844. The summed E-state index contributed by atoms with van der Waals surface area (Å²) in [6.45, 7) is 4.99. The van der Waals surface area contributed by atoms with Gasteiger partial charge in [-0.2, -0.15) is 0 Å². The Morgan fingerprint density at radius 3 is 2.44 bits per heavy atom. The van der Waals surface area contributed by atoms with E-state index in [4.69, 9.17) is 9.84 Å². The van der Waals surface area contributed by atoms with Crippen LogP contribution >= 0.6 is 0 Å². The molecule has 0 radical (unpaired) electrons. The van der Waals surface area contributed by atoms with E-state index in [-0.39, 0.29) is 5.69 Å². The first-order valence-electron chi connectivity index (χ1n) is 5.22. The predicted octanol–water partition coefficient (Wildman–Crippen LogP) is 2.87. The third-order valence-corrected chi connectivity index (χ3v) is 1.86. The van der Waals surface area contributed by atoms with E-state index < -0.39 is 29.0 Å². The van der Waals surface area contributed by atoms with Gasteiger partial charge in [0, 0.05) is 0 Å². The minimum absolute atomic E-state index is 0.232. The third-order valence-electron chi connectivity index (χ3n) is 1.86. The molecule has 0 fully saturated rings. The molecule has 0 aromatic heterocycles. The molecule has 6 heteroatoms. The highest BCUT2D eigenvalue weighted by Crippen LogP contribution is 2.19. The fraction of sp³-hybridized carbons (Fsp3) is 0.333. The van der Waals surface area contributed by atoms with Gasteiger partial charge in [-0.3, -0.25) is 5.32 Å². The highest BCUT2D eigenvalue weighted by molar-refractivity contribution is 5.92. The number of amides is 1. The van der Waals surface area contributed by atoms with Crippen molar-refractivity contribution in [1.82, 2.24) is 0 Å². The summed E-state index contributed by atoms with van der Waals surface area (Å²) in [5, 5.41) is 10.9. The van der Waals surface area contributed by atoms with Gasteiger partial charge < -0.3 is 9.84 Å². The molecule has 0 bridgehead atoms. The molecule has 2 N–H and O–H groups in total. The normalized spacial score (nSPS) is 10.9. The summed E-state index contributed by atoms with van der Waals surface area (Å²) in [6, 6.07) is 3.70. The summed E-state index contributed by atoms with van der Waals surface area (Å²) >= 11 is 0. The van der Waals surface area contributed by atoms with E-state index in [9.17, 15) is 14.0 Å². The lowest BCUT2D eigenvalue weighted by molar-refractivity contribution is 0.0631. The molecular weight excluding hydrogens is 241 g/mol. The Morgan fingerprint density at radius 2 is 1.94 bits per heavy atom. The van der Waals surface area contributed by atoms with E-state index in [1.807, 2.05) is 0 Å². The van der Waals surface area contributed by atoms with E-state index in [1.54, 1.807) is 20.8 Å². The number of nitrogens with one attached hydrogen (secondary N) is 1. The maximum Gasteiger partial charge on any atom is 0.412 e. The van der Waals surface area contributed by atoms with Gasteiger partial charge in [-0.25, -0.2) is 14.0 Å². The molecule has 0 aliphatic carbocycles. The van der Waals surface area contributed by atoms with Crippen molar-refractivity contribution in [3.63, 3.8) is 0 Å². The highest BCUT2D eigenvalue weighted by Gasteiger charge is 2.19. The number of rotatable bonds is 2. The molecule has 0 spiro atoms. The zero-order valence-electron chi connectivity index (χ0n) is 10.3. The maximum atomic E-state index is 13.7. The Morgan fingerprint density at radius 1 is 1.33 bits per heavy atom. The largest absolute Gasteiger partial charge is 0.478 e. The van der Waals surface area contributed by atoms with Crippen LogP contribution < -0.4 is 5.32 Å². The molecule has 0 saturated heterocycles. The molecule has 1 amide bonds. The lowest BCUT2D eigenvalue weighted by Crippen LogP contribution is -2.27. The second kappa shape index (κ2) is 5.03. The van der Waals surface area contributed by atoms with Gasteiger partial charge in [-0.15, -0.1) is 0 Å². The topological polar surface area (TPSA) is 75.6 Å². The summed E-state index contributed by atoms with van der Waals surface area (Å²) in [4.78, 5) is 22.1. The van der Waals surface area contributed by atoms with Crippen LogP contribution in [0.1, 0.15) is 31.1 Å². The fourth-order valence-electron chi connectivity index (χ4n) is 1.21. The molecule has 1 rings (SSSR count). The summed E-state index contributed by atoms with van der Waals surface area (Å²) in [5.41, 5.74) is -1.46. The number of anilines is 1.